The number of nitrogens with one attached hydrogen (secondary N) is 1. The number of fused-ring (bicyclic) bond motifs is 1. The van der Waals surface area contributed by atoms with Gasteiger partial charge in [-0.05, 0) is 55.5 Å². The number of hydrogen-bond acceptors (Lipinski definition) is 6. The van der Waals surface area contributed by atoms with E-state index in [0.29, 0.717) is 17.1 Å². The van der Waals surface area contributed by atoms with E-state index < -0.39 is 11.8 Å². The molecule has 4 heterocycles. The number of hydrogen-bond donors (Lipinski definition) is 1. The minimum Gasteiger partial charge on any atom is -0.464 e. The second kappa shape index (κ2) is 8.94. The largest absolute Gasteiger partial charge is 0.464 e. The molecule has 0 saturated carbocycles. The summed E-state index contributed by atoms with van der Waals surface area (Å²) in [6, 6.07) is 10.8. The summed E-state index contributed by atoms with van der Waals surface area (Å²) in [5.41, 5.74) is 1.88. The maximum atomic E-state index is 14.0. The maximum Gasteiger partial charge on any atom is 0.356 e. The molecule has 2 aliphatic rings. The van der Waals surface area contributed by atoms with Crippen molar-refractivity contribution in [2.45, 2.75) is 31.2 Å². The molecule has 0 spiro atoms. The van der Waals surface area contributed by atoms with Crippen LogP contribution in [0.2, 0.25) is 0 Å². The molecule has 1 N–H and O–H groups in total. The van der Waals surface area contributed by atoms with Crippen LogP contribution in [0.1, 0.15) is 41.4 Å². The summed E-state index contributed by atoms with van der Waals surface area (Å²) >= 11 is 0. The van der Waals surface area contributed by atoms with Crippen molar-refractivity contribution in [1.82, 2.24) is 14.9 Å². The Morgan fingerprint density at radius 1 is 1.15 bits per heavy atom. The summed E-state index contributed by atoms with van der Waals surface area (Å²) < 4.78 is 18.7. The van der Waals surface area contributed by atoms with Crippen LogP contribution in [0.4, 0.5) is 10.1 Å². The summed E-state index contributed by atoms with van der Waals surface area (Å²) in [6.07, 6.45) is 4.81. The highest BCUT2D eigenvalue weighted by Crippen LogP contribution is 2.31. The zero-order valence-electron chi connectivity index (χ0n) is 18.6. The Balaban J connectivity index is 1.21. The summed E-state index contributed by atoms with van der Waals surface area (Å²) in [4.78, 5) is 36.0. The molecular formula is C25H27FN4O3. The zero-order chi connectivity index (χ0) is 22.9. The molecule has 8 heteroatoms. The third-order valence-corrected chi connectivity index (χ3v) is 6.99. The second-order valence-electron chi connectivity index (χ2n) is 8.85. The van der Waals surface area contributed by atoms with Crippen LogP contribution >= 0.6 is 0 Å². The molecule has 2 saturated heterocycles. The van der Waals surface area contributed by atoms with E-state index in [1.807, 2.05) is 12.1 Å². The van der Waals surface area contributed by atoms with E-state index in [9.17, 15) is 14.0 Å². The van der Waals surface area contributed by atoms with Gasteiger partial charge in [-0.25, -0.2) is 14.2 Å². The third kappa shape index (κ3) is 4.23. The van der Waals surface area contributed by atoms with Crippen LogP contribution in [0.25, 0.3) is 10.8 Å². The number of nitrogens with zero attached hydrogens (tertiary/aromatic N) is 3. The number of aromatic amines is 1. The fraction of sp³-hybridized carbons (Fsp3) is 0.400. The first-order valence-corrected chi connectivity index (χ1v) is 11.4. The lowest BCUT2D eigenvalue weighted by Gasteiger charge is -2.37. The average molecular weight is 451 g/mol. The van der Waals surface area contributed by atoms with Gasteiger partial charge in [0.15, 0.2) is 0 Å². The van der Waals surface area contributed by atoms with E-state index in [0.717, 1.165) is 56.8 Å². The quantitative estimate of drug-likeness (QED) is 0.615. The van der Waals surface area contributed by atoms with Crippen molar-refractivity contribution in [3.8, 4) is 0 Å². The first-order chi connectivity index (χ1) is 16.0. The monoisotopic (exact) mass is 450 g/mol. The molecule has 5 rings (SSSR count). The van der Waals surface area contributed by atoms with Crippen LogP contribution < -0.4 is 10.5 Å². The van der Waals surface area contributed by atoms with E-state index in [1.165, 1.54) is 13.2 Å². The molecule has 0 unspecified atom stereocenters. The lowest BCUT2D eigenvalue weighted by atomic mass is 10.0. The molecular weight excluding hydrogens is 423 g/mol. The molecule has 3 aromatic rings. The highest BCUT2D eigenvalue weighted by atomic mass is 19.1. The van der Waals surface area contributed by atoms with Crippen molar-refractivity contribution in [2.24, 2.45) is 0 Å². The van der Waals surface area contributed by atoms with E-state index >= 15 is 0 Å². The molecule has 0 bridgehead atoms. The fourth-order valence-electron chi connectivity index (χ4n) is 5.18. The third-order valence-electron chi connectivity index (χ3n) is 6.99. The van der Waals surface area contributed by atoms with Gasteiger partial charge in [0, 0.05) is 37.3 Å². The van der Waals surface area contributed by atoms with Gasteiger partial charge < -0.3 is 14.6 Å². The number of carbonyl (C=O) groups is 1. The number of halogens is 1. The van der Waals surface area contributed by atoms with E-state index in [4.69, 9.17) is 4.74 Å². The van der Waals surface area contributed by atoms with Gasteiger partial charge in [-0.1, -0.05) is 12.1 Å². The number of rotatable bonds is 4. The van der Waals surface area contributed by atoms with Crippen molar-refractivity contribution < 1.29 is 13.9 Å². The highest BCUT2D eigenvalue weighted by Gasteiger charge is 2.32. The number of carbonyl (C=O) groups excluding carboxylic acids is 1. The van der Waals surface area contributed by atoms with Crippen LogP contribution in [0.5, 0.6) is 0 Å². The van der Waals surface area contributed by atoms with Gasteiger partial charge in [0.2, 0.25) is 0 Å². The number of esters is 1. The van der Waals surface area contributed by atoms with Gasteiger partial charge in [0.25, 0.3) is 5.56 Å². The van der Waals surface area contributed by atoms with E-state index in [1.54, 1.807) is 24.4 Å². The van der Waals surface area contributed by atoms with Crippen molar-refractivity contribution >= 4 is 22.4 Å². The van der Waals surface area contributed by atoms with Crippen LogP contribution in [0, 0.1) is 5.82 Å². The van der Waals surface area contributed by atoms with Gasteiger partial charge in [-0.2, -0.15) is 0 Å². The predicted molar refractivity (Wildman–Crippen MR) is 124 cm³/mol. The average Bonchev–Trinajstić information content (AvgIpc) is 3.34. The summed E-state index contributed by atoms with van der Waals surface area (Å²) in [5.74, 6) is -0.657. The van der Waals surface area contributed by atoms with Gasteiger partial charge in [0.1, 0.15) is 11.5 Å². The molecule has 1 atom stereocenters. The number of anilines is 1. The zero-order valence-corrected chi connectivity index (χ0v) is 18.6. The van der Waals surface area contributed by atoms with Gasteiger partial charge in [-0.15, -0.1) is 0 Å². The number of methoxy groups -OCH3 is 1. The van der Waals surface area contributed by atoms with Crippen LogP contribution in [0.15, 0.2) is 47.4 Å². The lowest BCUT2D eigenvalue weighted by Crippen LogP contribution is -2.44. The van der Waals surface area contributed by atoms with Gasteiger partial charge >= 0.3 is 5.97 Å². The molecule has 7 nitrogen and oxygen atoms in total. The Morgan fingerprint density at radius 2 is 1.97 bits per heavy atom. The van der Waals surface area contributed by atoms with Crippen molar-refractivity contribution in [3.63, 3.8) is 0 Å². The standard InChI is InChI=1S/C25H27FN4O3/c1-33-25(32)21-6-5-19(14-27-21)29-11-8-18(9-12-29)30-10-7-17(15-30)22-13-16-3-2-4-20(26)23(16)24(31)28-22/h2-6,13-14,17-18H,7-12,15H2,1H3,(H,28,31)/t17-/m0/s1. The molecule has 2 fully saturated rings. The van der Waals surface area contributed by atoms with Gasteiger partial charge in [-0.3, -0.25) is 9.69 Å². The Hall–Kier alpha value is -3.26. The molecule has 172 valence electrons. The Morgan fingerprint density at radius 3 is 2.70 bits per heavy atom. The van der Waals surface area contributed by atoms with Crippen LogP contribution in [0.3, 0.4) is 0 Å². The molecule has 0 radical (unpaired) electrons. The maximum absolute atomic E-state index is 14.0. The predicted octanol–water partition coefficient (Wildman–Crippen LogP) is 3.31. The number of benzene rings is 1. The van der Waals surface area contributed by atoms with Crippen LogP contribution in [-0.2, 0) is 4.74 Å². The fourth-order valence-corrected chi connectivity index (χ4v) is 5.18. The summed E-state index contributed by atoms with van der Waals surface area (Å²) in [7, 11) is 1.35. The number of likely N-dealkylation sites (tertiary alicyclic amines) is 1. The highest BCUT2D eigenvalue weighted by molar-refractivity contribution is 5.87. The number of pyridine rings is 2. The normalized spacial score (nSPS) is 19.8. The topological polar surface area (TPSA) is 78.5 Å². The second-order valence-corrected chi connectivity index (χ2v) is 8.85. The minimum atomic E-state index is -0.477. The van der Waals surface area contributed by atoms with Crippen LogP contribution in [-0.4, -0.2) is 60.2 Å². The number of piperidine rings is 1. The lowest BCUT2D eigenvalue weighted by molar-refractivity contribution is 0.0594. The first kappa shape index (κ1) is 21.6. The first-order valence-electron chi connectivity index (χ1n) is 11.4. The number of aromatic nitrogens is 2. The molecule has 2 aromatic heterocycles. The summed E-state index contributed by atoms with van der Waals surface area (Å²) in [6.45, 7) is 3.75. The summed E-state index contributed by atoms with van der Waals surface area (Å²) in [5, 5.41) is 0.796. The minimum absolute atomic E-state index is 0.137. The molecule has 2 aliphatic heterocycles. The van der Waals surface area contributed by atoms with E-state index in [2.05, 4.69) is 19.8 Å². The Bertz CT molecular complexity index is 1220. The van der Waals surface area contributed by atoms with Gasteiger partial charge in [0.05, 0.1) is 24.4 Å². The number of ether oxygens (including phenoxy) is 1. The van der Waals surface area contributed by atoms with Crippen molar-refractivity contribution in [1.29, 1.82) is 0 Å². The molecule has 1 aromatic carbocycles. The van der Waals surface area contributed by atoms with Crippen molar-refractivity contribution in [2.75, 3.05) is 38.2 Å². The van der Waals surface area contributed by atoms with Crippen molar-refractivity contribution in [3.05, 3.63) is 70.2 Å². The molecule has 0 aliphatic carbocycles. The van der Waals surface area contributed by atoms with E-state index in [-0.39, 0.29) is 16.9 Å². The molecule has 0 amide bonds. The smallest absolute Gasteiger partial charge is 0.356 e. The molecule has 33 heavy (non-hydrogen) atoms. The Labute approximate surface area is 191 Å². The Kier molecular flexibility index (Phi) is 5.85. The SMILES string of the molecule is COC(=O)c1ccc(N2CCC(N3CC[C@H](c4cc5cccc(F)c5c(=O)[nH]4)C3)CC2)cn1. The number of H-pyrrole nitrogens is 1.